The van der Waals surface area contributed by atoms with Crippen molar-refractivity contribution in [3.63, 3.8) is 0 Å². The Morgan fingerprint density at radius 1 is 1.25 bits per heavy atom. The fourth-order valence-corrected chi connectivity index (χ4v) is 2.43. The average molecular weight is 312 g/mol. The fourth-order valence-electron chi connectivity index (χ4n) is 1.85. The summed E-state index contributed by atoms with van der Waals surface area (Å²) in [6.45, 7) is 0. The van der Waals surface area contributed by atoms with Crippen molar-refractivity contribution in [1.82, 2.24) is 9.97 Å². The number of nitrogen functional groups attached to an aromatic ring is 1. The number of anilines is 1. The Hall–Kier alpha value is -1.72. The molecule has 0 saturated heterocycles. The van der Waals surface area contributed by atoms with Gasteiger partial charge in [0.25, 0.3) is 0 Å². The maximum atomic E-state index is 9.71. The standard InChI is InChI=1S/C13H11Cl2N3O2/c14-8-3-7(16)4-9(15)12(8)20-13-17-5-10(19)11(18-13)6-1-2-6/h3-6,19H,1-2,16H2. The number of aromatic nitrogens is 2. The van der Waals surface area contributed by atoms with Crippen molar-refractivity contribution in [2.45, 2.75) is 18.8 Å². The summed E-state index contributed by atoms with van der Waals surface area (Å²) in [6, 6.07) is 3.16. The van der Waals surface area contributed by atoms with E-state index < -0.39 is 0 Å². The maximum absolute atomic E-state index is 9.71. The third-order valence-corrected chi connectivity index (χ3v) is 3.52. The van der Waals surface area contributed by atoms with E-state index in [-0.39, 0.29) is 33.5 Å². The van der Waals surface area contributed by atoms with Gasteiger partial charge in [-0.15, -0.1) is 0 Å². The van der Waals surface area contributed by atoms with Crippen molar-refractivity contribution in [1.29, 1.82) is 0 Å². The second-order valence-corrected chi connectivity index (χ2v) is 5.43. The van der Waals surface area contributed by atoms with Gasteiger partial charge in [-0.25, -0.2) is 0 Å². The van der Waals surface area contributed by atoms with Crippen LogP contribution in [0.4, 0.5) is 5.69 Å². The lowest BCUT2D eigenvalue weighted by atomic mass is 10.2. The second-order valence-electron chi connectivity index (χ2n) is 4.61. The molecule has 1 fully saturated rings. The van der Waals surface area contributed by atoms with Crippen molar-refractivity contribution in [2.24, 2.45) is 0 Å². The van der Waals surface area contributed by atoms with E-state index in [9.17, 15) is 5.11 Å². The van der Waals surface area contributed by atoms with Gasteiger partial charge < -0.3 is 15.6 Å². The Labute approximate surface area is 125 Å². The molecule has 104 valence electrons. The van der Waals surface area contributed by atoms with Crippen molar-refractivity contribution >= 4 is 28.9 Å². The molecule has 1 aliphatic rings. The molecule has 5 nitrogen and oxygen atoms in total. The lowest BCUT2D eigenvalue weighted by molar-refractivity contribution is 0.420. The van der Waals surface area contributed by atoms with Crippen molar-refractivity contribution in [2.75, 3.05) is 5.73 Å². The number of rotatable bonds is 3. The summed E-state index contributed by atoms with van der Waals surface area (Å²) in [5, 5.41) is 10.3. The molecule has 1 aromatic carbocycles. The molecule has 1 heterocycles. The summed E-state index contributed by atoms with van der Waals surface area (Å²) >= 11 is 12.1. The molecule has 3 rings (SSSR count). The molecule has 7 heteroatoms. The normalized spacial score (nSPS) is 14.3. The zero-order valence-electron chi connectivity index (χ0n) is 10.3. The van der Waals surface area contributed by atoms with Crippen molar-refractivity contribution < 1.29 is 9.84 Å². The zero-order valence-corrected chi connectivity index (χ0v) is 11.8. The molecule has 1 aliphatic carbocycles. The number of aromatic hydroxyl groups is 1. The maximum Gasteiger partial charge on any atom is 0.322 e. The number of hydrogen-bond donors (Lipinski definition) is 2. The Balaban J connectivity index is 1.93. The summed E-state index contributed by atoms with van der Waals surface area (Å²) in [5.74, 6) is 0.599. The Kier molecular flexibility index (Phi) is 3.31. The SMILES string of the molecule is Nc1cc(Cl)c(Oc2ncc(O)c(C3CC3)n2)c(Cl)c1. The molecule has 0 radical (unpaired) electrons. The van der Waals surface area contributed by atoms with E-state index >= 15 is 0 Å². The van der Waals surface area contributed by atoms with Crippen LogP contribution in [-0.4, -0.2) is 15.1 Å². The van der Waals surface area contributed by atoms with Crippen molar-refractivity contribution in [3.05, 3.63) is 34.1 Å². The van der Waals surface area contributed by atoms with Gasteiger partial charge in [-0.2, -0.15) is 9.97 Å². The van der Waals surface area contributed by atoms with Crippen LogP contribution in [0.25, 0.3) is 0 Å². The fraction of sp³-hybridized carbons (Fsp3) is 0.231. The van der Waals surface area contributed by atoms with E-state index in [1.807, 2.05) is 0 Å². The van der Waals surface area contributed by atoms with Crippen LogP contribution in [0.3, 0.4) is 0 Å². The van der Waals surface area contributed by atoms with Gasteiger partial charge in [0.05, 0.1) is 21.9 Å². The molecule has 20 heavy (non-hydrogen) atoms. The van der Waals surface area contributed by atoms with Gasteiger partial charge in [0.15, 0.2) is 11.5 Å². The summed E-state index contributed by atoms with van der Waals surface area (Å²) in [4.78, 5) is 8.12. The molecule has 2 aromatic rings. The first-order valence-corrected chi connectivity index (χ1v) is 6.78. The molecular formula is C13H11Cl2N3O2. The van der Waals surface area contributed by atoms with Crippen LogP contribution in [0, 0.1) is 0 Å². The first-order chi connectivity index (χ1) is 9.54. The van der Waals surface area contributed by atoms with Crippen LogP contribution in [-0.2, 0) is 0 Å². The minimum atomic E-state index is 0.0781. The van der Waals surface area contributed by atoms with Gasteiger partial charge in [0, 0.05) is 11.6 Å². The Bertz CT molecular complexity index is 652. The molecule has 0 spiro atoms. The number of halogens is 2. The molecule has 1 aromatic heterocycles. The monoisotopic (exact) mass is 311 g/mol. The minimum Gasteiger partial charge on any atom is -0.504 e. The molecular weight excluding hydrogens is 301 g/mol. The predicted molar refractivity (Wildman–Crippen MR) is 76.6 cm³/mol. The Morgan fingerprint density at radius 3 is 2.50 bits per heavy atom. The number of benzene rings is 1. The third-order valence-electron chi connectivity index (χ3n) is 2.95. The topological polar surface area (TPSA) is 81.3 Å². The summed E-state index contributed by atoms with van der Waals surface area (Å²) in [5.41, 5.74) is 6.66. The first kappa shape index (κ1) is 13.3. The van der Waals surface area contributed by atoms with Gasteiger partial charge in [-0.05, 0) is 25.0 Å². The highest BCUT2D eigenvalue weighted by Crippen LogP contribution is 2.44. The molecule has 0 bridgehead atoms. The minimum absolute atomic E-state index is 0.0781. The summed E-state index contributed by atoms with van der Waals surface area (Å²) in [6.07, 6.45) is 3.33. The number of nitrogens with two attached hydrogens (primary N) is 1. The number of ether oxygens (including phenoxy) is 1. The molecule has 3 N–H and O–H groups in total. The van der Waals surface area contributed by atoms with E-state index in [1.54, 1.807) is 0 Å². The van der Waals surface area contributed by atoms with Crippen LogP contribution >= 0.6 is 23.2 Å². The first-order valence-electron chi connectivity index (χ1n) is 6.03. The van der Waals surface area contributed by atoms with Gasteiger partial charge >= 0.3 is 6.01 Å². The number of nitrogens with zero attached hydrogens (tertiary/aromatic N) is 2. The van der Waals surface area contributed by atoms with Crippen LogP contribution in [0.15, 0.2) is 18.3 Å². The van der Waals surface area contributed by atoms with Gasteiger partial charge in [-0.3, -0.25) is 0 Å². The quantitative estimate of drug-likeness (QED) is 0.844. The zero-order chi connectivity index (χ0) is 14.3. The second kappa shape index (κ2) is 5.00. The Morgan fingerprint density at radius 2 is 1.90 bits per heavy atom. The van der Waals surface area contributed by atoms with Crippen LogP contribution in [0.1, 0.15) is 24.5 Å². The molecule has 0 unspecified atom stereocenters. The molecule has 0 aliphatic heterocycles. The van der Waals surface area contributed by atoms with Gasteiger partial charge in [0.1, 0.15) is 0 Å². The lowest BCUT2D eigenvalue weighted by Crippen LogP contribution is -1.97. The molecule has 1 saturated carbocycles. The number of hydrogen-bond acceptors (Lipinski definition) is 5. The third kappa shape index (κ3) is 2.59. The summed E-state index contributed by atoms with van der Waals surface area (Å²) < 4.78 is 5.52. The average Bonchev–Trinajstić information content (AvgIpc) is 3.19. The highest BCUT2D eigenvalue weighted by molar-refractivity contribution is 6.37. The van der Waals surface area contributed by atoms with Crippen molar-refractivity contribution in [3.8, 4) is 17.5 Å². The van der Waals surface area contributed by atoms with Crippen LogP contribution in [0.2, 0.25) is 10.0 Å². The highest BCUT2D eigenvalue weighted by Gasteiger charge is 2.29. The smallest absolute Gasteiger partial charge is 0.322 e. The van der Waals surface area contributed by atoms with E-state index in [2.05, 4.69) is 9.97 Å². The van der Waals surface area contributed by atoms with E-state index in [0.29, 0.717) is 11.4 Å². The van der Waals surface area contributed by atoms with Crippen LogP contribution < -0.4 is 10.5 Å². The van der Waals surface area contributed by atoms with Gasteiger partial charge in [0.2, 0.25) is 0 Å². The highest BCUT2D eigenvalue weighted by atomic mass is 35.5. The van der Waals surface area contributed by atoms with E-state index in [1.165, 1.54) is 18.3 Å². The van der Waals surface area contributed by atoms with E-state index in [4.69, 9.17) is 33.7 Å². The molecule has 0 atom stereocenters. The predicted octanol–water partition coefficient (Wildman–Crippen LogP) is 3.74. The lowest BCUT2D eigenvalue weighted by Gasteiger charge is -2.10. The van der Waals surface area contributed by atoms with Gasteiger partial charge in [-0.1, -0.05) is 23.2 Å². The largest absolute Gasteiger partial charge is 0.504 e. The molecule has 0 amide bonds. The summed E-state index contributed by atoms with van der Waals surface area (Å²) in [7, 11) is 0. The van der Waals surface area contributed by atoms with Crippen LogP contribution in [0.5, 0.6) is 17.5 Å². The van der Waals surface area contributed by atoms with E-state index in [0.717, 1.165) is 12.8 Å².